The zero-order valence-corrected chi connectivity index (χ0v) is 14.1. The lowest BCUT2D eigenvalue weighted by Gasteiger charge is -2.31. The topological polar surface area (TPSA) is 79.5 Å². The first-order valence-electron chi connectivity index (χ1n) is 8.13. The normalized spacial score (nSPS) is 15.7. The zero-order valence-electron chi connectivity index (χ0n) is 13.3. The molecule has 7 heteroatoms. The molecule has 1 aromatic carbocycles. The summed E-state index contributed by atoms with van der Waals surface area (Å²) < 4.78 is 5.22. The van der Waals surface area contributed by atoms with Gasteiger partial charge in [-0.3, -0.25) is 4.79 Å². The molecule has 0 unspecified atom stereocenters. The fourth-order valence-electron chi connectivity index (χ4n) is 2.81. The van der Waals surface area contributed by atoms with E-state index in [1.165, 1.54) is 0 Å². The number of rotatable bonds is 5. The van der Waals surface area contributed by atoms with E-state index in [4.69, 9.17) is 21.2 Å². The van der Waals surface area contributed by atoms with Gasteiger partial charge in [0.25, 0.3) is 0 Å². The number of hydrogen-bond acceptors (Lipinski definition) is 5. The van der Waals surface area contributed by atoms with Crippen molar-refractivity contribution in [2.75, 3.05) is 19.7 Å². The smallest absolute Gasteiger partial charge is 0.227 e. The number of likely N-dealkylation sites (tertiary alicyclic amines) is 1. The van der Waals surface area contributed by atoms with E-state index < -0.39 is 0 Å². The summed E-state index contributed by atoms with van der Waals surface area (Å²) in [5.74, 6) is 1.38. The molecule has 2 heterocycles. The minimum Gasteiger partial charge on any atom is -0.396 e. The Morgan fingerprint density at radius 2 is 2.00 bits per heavy atom. The average Bonchev–Trinajstić information content (AvgIpc) is 3.09. The van der Waals surface area contributed by atoms with Gasteiger partial charge < -0.3 is 14.5 Å². The van der Waals surface area contributed by atoms with Gasteiger partial charge in [0.1, 0.15) is 0 Å². The molecule has 0 bridgehead atoms. The molecular weight excluding hydrogens is 330 g/mol. The second-order valence-electron chi connectivity index (χ2n) is 6.03. The Morgan fingerprint density at radius 1 is 1.29 bits per heavy atom. The molecule has 24 heavy (non-hydrogen) atoms. The van der Waals surface area contributed by atoms with Crippen molar-refractivity contribution in [3.8, 4) is 11.4 Å². The van der Waals surface area contributed by atoms with Gasteiger partial charge in [0.15, 0.2) is 0 Å². The summed E-state index contributed by atoms with van der Waals surface area (Å²) in [6, 6.07) is 7.19. The molecule has 0 radical (unpaired) electrons. The van der Waals surface area contributed by atoms with Crippen molar-refractivity contribution in [2.24, 2.45) is 5.92 Å². The number of aliphatic hydroxyl groups excluding tert-OH is 1. The van der Waals surface area contributed by atoms with E-state index in [1.807, 2.05) is 17.0 Å². The highest BCUT2D eigenvalue weighted by Gasteiger charge is 2.22. The maximum atomic E-state index is 12.2. The molecule has 0 aliphatic carbocycles. The molecule has 1 fully saturated rings. The average molecular weight is 350 g/mol. The quantitative estimate of drug-likeness (QED) is 0.897. The monoisotopic (exact) mass is 349 g/mol. The summed E-state index contributed by atoms with van der Waals surface area (Å²) >= 11 is 5.86. The van der Waals surface area contributed by atoms with Crippen LogP contribution in [0.5, 0.6) is 0 Å². The molecule has 0 atom stereocenters. The van der Waals surface area contributed by atoms with Gasteiger partial charge in [0.2, 0.25) is 17.6 Å². The standard InChI is InChI=1S/C17H20ClN3O3/c18-14-3-1-13(2-4-14)17-19-15(24-20-17)5-6-16(23)21-9-7-12(11-22)8-10-21/h1-4,12,22H,5-11H2. The summed E-state index contributed by atoms with van der Waals surface area (Å²) in [5, 5.41) is 13.7. The highest BCUT2D eigenvalue weighted by Crippen LogP contribution is 2.20. The summed E-state index contributed by atoms with van der Waals surface area (Å²) in [6.45, 7) is 1.63. The van der Waals surface area contributed by atoms with Crippen LogP contribution in [0, 0.1) is 5.92 Å². The number of piperidine rings is 1. The van der Waals surface area contributed by atoms with Crippen LogP contribution in [0.25, 0.3) is 11.4 Å². The van der Waals surface area contributed by atoms with Gasteiger partial charge in [-0.25, -0.2) is 0 Å². The fraction of sp³-hybridized carbons (Fsp3) is 0.471. The number of hydrogen-bond donors (Lipinski definition) is 1. The SMILES string of the molecule is O=C(CCc1nc(-c2ccc(Cl)cc2)no1)N1CCC(CO)CC1. The number of aromatic nitrogens is 2. The predicted octanol–water partition coefficient (Wildman–Crippen LogP) is 2.55. The van der Waals surface area contributed by atoms with Crippen molar-refractivity contribution < 1.29 is 14.4 Å². The minimum absolute atomic E-state index is 0.0950. The lowest BCUT2D eigenvalue weighted by atomic mass is 9.97. The molecular formula is C17H20ClN3O3. The summed E-state index contributed by atoms with van der Waals surface area (Å²) in [4.78, 5) is 18.4. The molecule has 1 N–H and O–H groups in total. The molecule has 1 aliphatic rings. The summed E-state index contributed by atoms with van der Waals surface area (Å²) in [7, 11) is 0. The number of nitrogens with zero attached hydrogens (tertiary/aromatic N) is 3. The maximum Gasteiger partial charge on any atom is 0.227 e. The Kier molecular flexibility index (Phi) is 5.48. The lowest BCUT2D eigenvalue weighted by molar-refractivity contribution is -0.132. The van der Waals surface area contributed by atoms with Crippen molar-refractivity contribution in [3.63, 3.8) is 0 Å². The highest BCUT2D eigenvalue weighted by atomic mass is 35.5. The number of halogens is 1. The van der Waals surface area contributed by atoms with Crippen molar-refractivity contribution in [1.82, 2.24) is 15.0 Å². The Hall–Kier alpha value is -1.92. The highest BCUT2D eigenvalue weighted by molar-refractivity contribution is 6.30. The van der Waals surface area contributed by atoms with Crippen LogP contribution in [0.4, 0.5) is 0 Å². The van der Waals surface area contributed by atoms with Crippen LogP contribution in [0.2, 0.25) is 5.02 Å². The van der Waals surface area contributed by atoms with Crippen LogP contribution in [0.15, 0.2) is 28.8 Å². The Labute approximate surface area is 145 Å². The van der Waals surface area contributed by atoms with Gasteiger partial charge in [-0.1, -0.05) is 16.8 Å². The lowest BCUT2D eigenvalue weighted by Crippen LogP contribution is -2.39. The third-order valence-electron chi connectivity index (χ3n) is 4.35. The third-order valence-corrected chi connectivity index (χ3v) is 4.60. The van der Waals surface area contributed by atoms with Crippen LogP contribution >= 0.6 is 11.6 Å². The number of carbonyl (C=O) groups excluding carboxylic acids is 1. The first kappa shape index (κ1) is 16.9. The number of amides is 1. The van der Waals surface area contributed by atoms with Crippen molar-refractivity contribution in [1.29, 1.82) is 0 Å². The molecule has 1 amide bonds. The maximum absolute atomic E-state index is 12.2. The molecule has 1 saturated heterocycles. The molecule has 1 aliphatic heterocycles. The Bertz CT molecular complexity index is 679. The number of aliphatic hydroxyl groups is 1. The molecule has 3 rings (SSSR count). The minimum atomic E-state index is 0.0950. The van der Waals surface area contributed by atoms with E-state index >= 15 is 0 Å². The van der Waals surface area contributed by atoms with Crippen LogP contribution in [-0.4, -0.2) is 45.8 Å². The molecule has 6 nitrogen and oxygen atoms in total. The molecule has 2 aromatic rings. The summed E-state index contributed by atoms with van der Waals surface area (Å²) in [5.41, 5.74) is 0.826. The van der Waals surface area contributed by atoms with E-state index in [0.717, 1.165) is 18.4 Å². The van der Waals surface area contributed by atoms with E-state index in [9.17, 15) is 4.79 Å². The Balaban J connectivity index is 1.52. The first-order chi connectivity index (χ1) is 11.7. The number of aryl methyl sites for hydroxylation is 1. The van der Waals surface area contributed by atoms with Crippen LogP contribution in [0.1, 0.15) is 25.2 Å². The molecule has 0 spiro atoms. The van der Waals surface area contributed by atoms with Gasteiger partial charge in [-0.15, -0.1) is 0 Å². The third kappa shape index (κ3) is 4.13. The van der Waals surface area contributed by atoms with Gasteiger partial charge in [-0.05, 0) is 43.0 Å². The number of benzene rings is 1. The number of carbonyl (C=O) groups is 1. The summed E-state index contributed by atoms with van der Waals surface area (Å²) in [6.07, 6.45) is 2.51. The van der Waals surface area contributed by atoms with E-state index in [1.54, 1.807) is 12.1 Å². The van der Waals surface area contributed by atoms with Crippen molar-refractivity contribution in [3.05, 3.63) is 35.2 Å². The zero-order chi connectivity index (χ0) is 16.9. The van der Waals surface area contributed by atoms with Crippen LogP contribution < -0.4 is 0 Å². The van der Waals surface area contributed by atoms with E-state index in [-0.39, 0.29) is 12.5 Å². The second kappa shape index (κ2) is 7.77. The predicted molar refractivity (Wildman–Crippen MR) is 89.5 cm³/mol. The fourth-order valence-corrected chi connectivity index (χ4v) is 2.94. The Morgan fingerprint density at radius 3 is 2.67 bits per heavy atom. The van der Waals surface area contributed by atoms with Gasteiger partial charge in [0, 0.05) is 43.1 Å². The van der Waals surface area contributed by atoms with Gasteiger partial charge >= 0.3 is 0 Å². The van der Waals surface area contributed by atoms with Crippen LogP contribution in [0.3, 0.4) is 0 Å². The van der Waals surface area contributed by atoms with Crippen LogP contribution in [-0.2, 0) is 11.2 Å². The van der Waals surface area contributed by atoms with E-state index in [0.29, 0.717) is 48.6 Å². The largest absolute Gasteiger partial charge is 0.396 e. The molecule has 1 aromatic heterocycles. The van der Waals surface area contributed by atoms with Gasteiger partial charge in [-0.2, -0.15) is 4.98 Å². The second-order valence-corrected chi connectivity index (χ2v) is 6.46. The van der Waals surface area contributed by atoms with E-state index in [2.05, 4.69) is 10.1 Å². The van der Waals surface area contributed by atoms with Crippen molar-refractivity contribution >= 4 is 17.5 Å². The van der Waals surface area contributed by atoms with Crippen molar-refractivity contribution in [2.45, 2.75) is 25.7 Å². The first-order valence-corrected chi connectivity index (χ1v) is 8.50. The van der Waals surface area contributed by atoms with Gasteiger partial charge in [0.05, 0.1) is 0 Å². The molecule has 0 saturated carbocycles. The molecule has 128 valence electrons.